The molecule has 1 saturated heterocycles. The molecule has 1 amide bonds. The smallest absolute Gasteiger partial charge is 0.259 e. The summed E-state index contributed by atoms with van der Waals surface area (Å²) in [6.45, 7) is 2.67. The predicted molar refractivity (Wildman–Crippen MR) is 112 cm³/mol. The van der Waals surface area contributed by atoms with Crippen LogP contribution in [0.2, 0.25) is 0 Å². The molecule has 2 aliphatic carbocycles. The summed E-state index contributed by atoms with van der Waals surface area (Å²) < 4.78 is 11.5. The van der Waals surface area contributed by atoms with Crippen LogP contribution in [0.4, 0.5) is 0 Å². The molecule has 6 heteroatoms. The summed E-state index contributed by atoms with van der Waals surface area (Å²) in [5.74, 6) is 0.369. The van der Waals surface area contributed by atoms with Crippen LogP contribution in [0.3, 0.4) is 0 Å². The van der Waals surface area contributed by atoms with Gasteiger partial charge in [0.05, 0.1) is 28.4 Å². The van der Waals surface area contributed by atoms with Crippen LogP contribution >= 0.6 is 0 Å². The van der Waals surface area contributed by atoms with Crippen LogP contribution in [0, 0.1) is 18.3 Å². The van der Waals surface area contributed by atoms with Gasteiger partial charge in [-0.3, -0.25) is 4.79 Å². The number of hydrogen-bond acceptors (Lipinski definition) is 5. The highest BCUT2D eigenvalue weighted by atomic mass is 16.5. The Kier molecular flexibility index (Phi) is 4.00. The average molecular weight is 403 g/mol. The number of fused-ring (bicyclic) bond motifs is 3. The van der Waals surface area contributed by atoms with Crippen molar-refractivity contribution >= 4 is 17.0 Å². The number of carbonyl (C=O) groups is 1. The minimum absolute atomic E-state index is 0.0625. The van der Waals surface area contributed by atoms with Crippen LogP contribution in [0.5, 0.6) is 0 Å². The number of ether oxygens (including phenoxy) is 1. The number of pyridine rings is 1. The predicted octanol–water partition coefficient (Wildman–Crippen LogP) is 4.28. The van der Waals surface area contributed by atoms with Gasteiger partial charge in [0.25, 0.3) is 11.6 Å². The van der Waals surface area contributed by atoms with E-state index in [0.717, 1.165) is 37.1 Å². The third kappa shape index (κ3) is 2.49. The molecule has 154 valence electrons. The first kappa shape index (κ1) is 18.1. The molecule has 3 unspecified atom stereocenters. The number of benzene rings is 1. The van der Waals surface area contributed by atoms with Gasteiger partial charge in [-0.15, -0.1) is 0 Å². The SMILES string of the molecule is Cc1noc2nc(-c3ccccc3)cc(C(=O)NC3C4CCOC4C34CCCC4)c12. The standard InChI is InChI=1S/C24H25N3O3/c1-14-19-17(13-18(25-23(19)30-27-14)15-7-3-2-4-8-15)22(28)26-20-16-9-12-29-21(16)24(20)10-5-6-11-24/h2-4,7-8,13,16,20-21H,5-6,9-12H2,1H3,(H,26,28). The highest BCUT2D eigenvalue weighted by Crippen LogP contribution is 2.60. The maximum atomic E-state index is 13.6. The minimum Gasteiger partial charge on any atom is -0.377 e. The summed E-state index contributed by atoms with van der Waals surface area (Å²) in [6, 6.07) is 11.9. The Morgan fingerprint density at radius 3 is 2.80 bits per heavy atom. The second kappa shape index (κ2) is 6.64. The fourth-order valence-corrected chi connectivity index (χ4v) is 6.15. The Hall–Kier alpha value is -2.73. The molecule has 1 aromatic carbocycles. The maximum Gasteiger partial charge on any atom is 0.259 e. The topological polar surface area (TPSA) is 77.2 Å². The van der Waals surface area contributed by atoms with Crippen molar-refractivity contribution in [2.24, 2.45) is 11.3 Å². The molecular formula is C24H25N3O3. The quantitative estimate of drug-likeness (QED) is 0.706. The van der Waals surface area contributed by atoms with Crippen molar-refractivity contribution in [1.82, 2.24) is 15.5 Å². The number of carbonyl (C=O) groups excluding carboxylic acids is 1. The van der Waals surface area contributed by atoms with Gasteiger partial charge in [-0.25, -0.2) is 4.98 Å². The Morgan fingerprint density at radius 1 is 1.20 bits per heavy atom. The largest absolute Gasteiger partial charge is 0.377 e. The summed E-state index contributed by atoms with van der Waals surface area (Å²) in [5, 5.41) is 8.18. The third-order valence-corrected chi connectivity index (χ3v) is 7.50. The summed E-state index contributed by atoms with van der Waals surface area (Å²) >= 11 is 0. The molecule has 3 aliphatic rings. The molecule has 6 rings (SSSR count). The van der Waals surface area contributed by atoms with E-state index in [9.17, 15) is 4.79 Å². The second-order valence-corrected chi connectivity index (χ2v) is 9.00. The fraction of sp³-hybridized carbons (Fsp3) is 0.458. The maximum absolute atomic E-state index is 13.6. The molecule has 2 aromatic heterocycles. The van der Waals surface area contributed by atoms with E-state index in [0.29, 0.717) is 34.4 Å². The van der Waals surface area contributed by atoms with E-state index in [1.807, 2.05) is 43.3 Å². The molecule has 1 spiro atoms. The van der Waals surface area contributed by atoms with E-state index < -0.39 is 0 Å². The number of aromatic nitrogens is 2. The highest BCUT2D eigenvalue weighted by Gasteiger charge is 2.65. The van der Waals surface area contributed by atoms with Gasteiger partial charge in [-0.05, 0) is 32.3 Å². The zero-order valence-electron chi connectivity index (χ0n) is 17.1. The van der Waals surface area contributed by atoms with Gasteiger partial charge in [0.15, 0.2) is 0 Å². The van der Waals surface area contributed by atoms with Crippen molar-refractivity contribution in [2.75, 3.05) is 6.61 Å². The zero-order chi connectivity index (χ0) is 20.3. The van der Waals surface area contributed by atoms with Crippen LogP contribution in [0.25, 0.3) is 22.4 Å². The number of aryl methyl sites for hydroxylation is 1. The van der Waals surface area contributed by atoms with Gasteiger partial charge in [0, 0.05) is 29.5 Å². The lowest BCUT2D eigenvalue weighted by Crippen LogP contribution is -2.68. The van der Waals surface area contributed by atoms with Crippen LogP contribution in [0.15, 0.2) is 40.9 Å². The first-order valence-electron chi connectivity index (χ1n) is 10.9. The molecule has 3 heterocycles. The summed E-state index contributed by atoms with van der Waals surface area (Å²) in [7, 11) is 0. The molecule has 30 heavy (non-hydrogen) atoms. The monoisotopic (exact) mass is 403 g/mol. The number of nitrogens with zero attached hydrogens (tertiary/aromatic N) is 2. The second-order valence-electron chi connectivity index (χ2n) is 9.00. The van der Waals surface area contributed by atoms with E-state index >= 15 is 0 Å². The summed E-state index contributed by atoms with van der Waals surface area (Å²) in [4.78, 5) is 18.2. The van der Waals surface area contributed by atoms with Gasteiger partial charge in [-0.2, -0.15) is 0 Å². The van der Waals surface area contributed by atoms with Crippen LogP contribution in [0.1, 0.15) is 48.2 Å². The van der Waals surface area contributed by atoms with E-state index in [1.54, 1.807) is 0 Å². The number of rotatable bonds is 3. The molecule has 0 bridgehead atoms. The first-order chi connectivity index (χ1) is 14.7. The molecular weight excluding hydrogens is 378 g/mol. The summed E-state index contributed by atoms with van der Waals surface area (Å²) in [5.41, 5.74) is 3.47. The normalized spacial score (nSPS) is 26.6. The number of nitrogens with one attached hydrogen (secondary N) is 1. The van der Waals surface area contributed by atoms with Crippen molar-refractivity contribution in [3.8, 4) is 11.3 Å². The lowest BCUT2D eigenvalue weighted by atomic mass is 9.54. The molecule has 2 saturated carbocycles. The highest BCUT2D eigenvalue weighted by molar-refractivity contribution is 6.07. The Balaban J connectivity index is 1.39. The van der Waals surface area contributed by atoms with E-state index in [4.69, 9.17) is 9.26 Å². The van der Waals surface area contributed by atoms with Crippen molar-refractivity contribution in [3.63, 3.8) is 0 Å². The van der Waals surface area contributed by atoms with Gasteiger partial charge in [-0.1, -0.05) is 48.3 Å². The van der Waals surface area contributed by atoms with Crippen molar-refractivity contribution < 1.29 is 14.1 Å². The molecule has 3 atom stereocenters. The van der Waals surface area contributed by atoms with Gasteiger partial charge in [0.2, 0.25) is 0 Å². The van der Waals surface area contributed by atoms with E-state index in [1.165, 1.54) is 12.8 Å². The van der Waals surface area contributed by atoms with Crippen molar-refractivity contribution in [1.29, 1.82) is 0 Å². The Labute approximate surface area is 175 Å². The molecule has 1 N–H and O–H groups in total. The van der Waals surface area contributed by atoms with Gasteiger partial charge in [0.1, 0.15) is 0 Å². The Morgan fingerprint density at radius 2 is 2.00 bits per heavy atom. The van der Waals surface area contributed by atoms with Crippen LogP contribution in [-0.4, -0.2) is 34.8 Å². The average Bonchev–Trinajstić information content (AvgIpc) is 3.51. The number of hydrogen-bond donors (Lipinski definition) is 1. The Bertz CT molecular complexity index is 1120. The molecule has 3 aromatic rings. The zero-order valence-corrected chi connectivity index (χ0v) is 17.1. The third-order valence-electron chi connectivity index (χ3n) is 7.50. The lowest BCUT2D eigenvalue weighted by molar-refractivity contribution is -0.126. The van der Waals surface area contributed by atoms with Gasteiger partial charge >= 0.3 is 0 Å². The van der Waals surface area contributed by atoms with Gasteiger partial charge < -0.3 is 14.6 Å². The fourth-order valence-electron chi connectivity index (χ4n) is 6.15. The van der Waals surface area contributed by atoms with Crippen LogP contribution < -0.4 is 5.32 Å². The van der Waals surface area contributed by atoms with Crippen molar-refractivity contribution in [2.45, 2.75) is 51.2 Å². The lowest BCUT2D eigenvalue weighted by Gasteiger charge is -2.56. The van der Waals surface area contributed by atoms with Crippen LogP contribution in [-0.2, 0) is 4.74 Å². The molecule has 6 nitrogen and oxygen atoms in total. The molecule has 3 fully saturated rings. The van der Waals surface area contributed by atoms with E-state index in [-0.39, 0.29) is 17.4 Å². The number of amides is 1. The van der Waals surface area contributed by atoms with E-state index in [2.05, 4.69) is 15.5 Å². The summed E-state index contributed by atoms with van der Waals surface area (Å²) in [6.07, 6.45) is 6.09. The minimum atomic E-state index is -0.0625. The molecule has 1 aliphatic heterocycles. The van der Waals surface area contributed by atoms with Crippen molar-refractivity contribution in [3.05, 3.63) is 47.7 Å². The first-order valence-corrected chi connectivity index (χ1v) is 10.9. The molecule has 0 radical (unpaired) electrons.